The molecule has 1 aliphatic rings. The van der Waals surface area contributed by atoms with E-state index in [0.29, 0.717) is 6.29 Å². The van der Waals surface area contributed by atoms with Gasteiger partial charge in [0.15, 0.2) is 0 Å². The number of carbonyl (C=O) groups is 1. The van der Waals surface area contributed by atoms with Crippen molar-refractivity contribution in [3.63, 3.8) is 0 Å². The van der Waals surface area contributed by atoms with Gasteiger partial charge in [0.25, 0.3) is 6.61 Å². The fourth-order valence-corrected chi connectivity index (χ4v) is 1.22. The normalized spacial score (nSPS) is 37.1. The summed E-state index contributed by atoms with van der Waals surface area (Å²) in [5, 5.41) is 21.2. The van der Waals surface area contributed by atoms with Crippen LogP contribution in [0.15, 0.2) is 0 Å². The monoisotopic (exact) mass is 207 g/mol. The summed E-state index contributed by atoms with van der Waals surface area (Å²) in [6.45, 7) is 2.47. The topological polar surface area (TPSA) is 100 Å². The van der Waals surface area contributed by atoms with Gasteiger partial charge in [-0.25, -0.2) is 0 Å². The first-order chi connectivity index (χ1) is 6.56. The molecule has 1 fully saturated rings. The first-order valence-electron chi connectivity index (χ1n) is 4.16. The standard InChI is InChI=1S/C8H11NO5/c1-4(11)9-5-3-14-6(2-10)8(13)7(5)12/h2-3,5-8,12-13H,1H3/p+6/t5-,6+,7+,8+/m0/s1. The third-order valence-corrected chi connectivity index (χ3v) is 1.95. The average Bonchev–Trinajstić information content (AvgIpc) is 2.13. The number of aliphatic hydroxyl groups excluding tert-OH is 2. The molecule has 6 heteroatoms. The summed E-state index contributed by atoms with van der Waals surface area (Å²) in [5.74, 6) is -0.340. The molecule has 0 radical (unpaired) electrons. The summed E-state index contributed by atoms with van der Waals surface area (Å²) < 4.78 is 4.87. The zero-order valence-corrected chi connectivity index (χ0v) is 7.62. The second-order valence-electron chi connectivity index (χ2n) is 3.09. The molecule has 0 bridgehead atoms. The van der Waals surface area contributed by atoms with Crippen LogP contribution in [0.2, 0.25) is 0 Å². The third kappa shape index (κ3) is 2.22. The molecule has 1 amide bonds. The van der Waals surface area contributed by atoms with Crippen LogP contribution in [-0.2, 0) is 9.53 Å². The molecular weight excluding hydrogens is 190 g/mol. The van der Waals surface area contributed by atoms with E-state index < -0.39 is 24.4 Å². The molecule has 1 aliphatic heterocycles. The van der Waals surface area contributed by atoms with Gasteiger partial charge in [-0.3, -0.25) is 9.59 Å². The molecule has 1 heterocycles. The predicted molar refractivity (Wildman–Crippen MR) is 51.2 cm³/mol. The van der Waals surface area contributed by atoms with E-state index in [1.807, 2.05) is 0 Å². The number of nitrogens with one attached hydrogen (secondary N) is 1. The Balaban J connectivity index is -0.000000245. The Kier molecular flexibility index (Phi) is 3.45. The second-order valence-corrected chi connectivity index (χ2v) is 3.09. The molecule has 4 atom stereocenters. The van der Waals surface area contributed by atoms with Gasteiger partial charge < -0.3 is 15.5 Å². The number of rotatable bonds is 2. The lowest BCUT2D eigenvalue weighted by atomic mass is 9.99. The van der Waals surface area contributed by atoms with Crippen LogP contribution in [0, 0.1) is 6.61 Å². The summed E-state index contributed by atoms with van der Waals surface area (Å²) in [6, 6.07) is -0.765. The van der Waals surface area contributed by atoms with Crippen molar-refractivity contribution < 1.29 is 30.2 Å². The first kappa shape index (κ1) is 11.0. The van der Waals surface area contributed by atoms with Gasteiger partial charge in [-0.1, -0.05) is 0 Å². The lowest BCUT2D eigenvalue weighted by Crippen LogP contribution is -2.57. The molecule has 0 aliphatic carbocycles. The SMILES string of the molecule is CC(=O)N[C@H]1[CH+]O[C@H](C=[OH+])[C@@H](O)[C@@H]1O.[H+].[H+].[H+].[H+]. The van der Waals surface area contributed by atoms with E-state index in [2.05, 4.69) is 5.32 Å². The molecule has 0 aromatic carbocycles. The maximum atomic E-state index is 10.7. The van der Waals surface area contributed by atoms with E-state index in [4.69, 9.17) is 9.53 Å². The van der Waals surface area contributed by atoms with Crippen molar-refractivity contribution in [1.29, 1.82) is 0 Å². The van der Waals surface area contributed by atoms with Crippen molar-refractivity contribution in [1.82, 2.24) is 5.32 Å². The summed E-state index contributed by atoms with van der Waals surface area (Å²) in [4.78, 5) is 19.3. The number of amides is 1. The van der Waals surface area contributed by atoms with Gasteiger partial charge in [-0.05, 0) is 0 Å². The zero-order chi connectivity index (χ0) is 10.7. The molecule has 0 spiro atoms. The number of ether oxygens (including phenoxy) is 1. The van der Waals surface area contributed by atoms with Gasteiger partial charge >= 0.3 is 12.0 Å². The Labute approximate surface area is 86.8 Å². The highest BCUT2D eigenvalue weighted by molar-refractivity contribution is 5.73. The van der Waals surface area contributed by atoms with E-state index in [0.717, 1.165) is 0 Å². The Bertz CT molecular complexity index is 246. The number of aliphatic hydroxyl groups is 2. The van der Waals surface area contributed by atoms with Gasteiger partial charge in [0.05, 0.1) is 0 Å². The smallest absolute Gasteiger partial charge is 0.386 e. The lowest BCUT2D eigenvalue weighted by Gasteiger charge is -2.26. The molecule has 78 valence electrons. The molecular formula is C8H17NO5+6. The Morgan fingerprint density at radius 2 is 2.29 bits per heavy atom. The minimum Gasteiger partial charge on any atom is -0.386 e. The quantitative estimate of drug-likeness (QED) is 0.288. The van der Waals surface area contributed by atoms with Crippen molar-refractivity contribution in [3.05, 3.63) is 6.61 Å². The summed E-state index contributed by atoms with van der Waals surface area (Å²) in [7, 11) is 0. The molecule has 1 rings (SSSR count). The summed E-state index contributed by atoms with van der Waals surface area (Å²) >= 11 is 0. The Hall–Kier alpha value is -1.11. The number of hydrogen-bond acceptors (Lipinski definition) is 4. The van der Waals surface area contributed by atoms with Gasteiger partial charge in [-0.2, -0.15) is 4.74 Å². The highest BCUT2D eigenvalue weighted by Gasteiger charge is 2.47. The molecule has 0 aromatic heterocycles. The zero-order valence-electron chi connectivity index (χ0n) is 11.6. The fraction of sp³-hybridized carbons (Fsp3) is 0.625. The Morgan fingerprint density at radius 1 is 1.64 bits per heavy atom. The first-order valence-corrected chi connectivity index (χ1v) is 4.16. The molecule has 0 unspecified atom stereocenters. The van der Waals surface area contributed by atoms with Crippen molar-refractivity contribution >= 4 is 12.2 Å². The van der Waals surface area contributed by atoms with Crippen LogP contribution in [0.25, 0.3) is 0 Å². The highest BCUT2D eigenvalue weighted by atomic mass is 16.5. The predicted octanol–water partition coefficient (Wildman–Crippen LogP) is -1.60. The number of carbonyl (C=O) groups excluding carboxylic acids is 2. The van der Waals surface area contributed by atoms with Gasteiger partial charge in [0.2, 0.25) is 18.1 Å². The van der Waals surface area contributed by atoms with E-state index in [9.17, 15) is 15.0 Å². The van der Waals surface area contributed by atoms with E-state index in [1.54, 1.807) is 0 Å². The van der Waals surface area contributed by atoms with Crippen molar-refractivity contribution in [3.8, 4) is 0 Å². The minimum absolute atomic E-state index is 0. The minimum atomic E-state index is -1.26. The third-order valence-electron chi connectivity index (χ3n) is 1.95. The number of hydrogen-bond donors (Lipinski definition) is 3. The van der Waals surface area contributed by atoms with Crippen LogP contribution in [-0.4, -0.2) is 51.6 Å². The van der Waals surface area contributed by atoms with Crippen LogP contribution in [0.4, 0.5) is 0 Å². The van der Waals surface area contributed by atoms with Gasteiger partial charge in [-0.15, -0.1) is 0 Å². The van der Waals surface area contributed by atoms with E-state index >= 15 is 0 Å². The molecule has 4 N–H and O–H groups in total. The van der Waals surface area contributed by atoms with Crippen LogP contribution in [0.1, 0.15) is 12.6 Å². The number of aldehydes is 1. The maximum absolute atomic E-state index is 10.7. The van der Waals surface area contributed by atoms with Gasteiger partial charge in [0.1, 0.15) is 12.2 Å². The summed E-state index contributed by atoms with van der Waals surface area (Å²) in [6.07, 6.45) is -2.77. The molecule has 0 saturated carbocycles. The van der Waals surface area contributed by atoms with Crippen LogP contribution < -0.4 is 5.32 Å². The highest BCUT2D eigenvalue weighted by Crippen LogP contribution is 2.16. The Morgan fingerprint density at radius 3 is 2.79 bits per heavy atom. The van der Waals surface area contributed by atoms with Crippen molar-refractivity contribution in [2.45, 2.75) is 31.3 Å². The maximum Gasteiger partial charge on any atom is 1.00 e. The van der Waals surface area contributed by atoms with Gasteiger partial charge in [0, 0.05) is 6.92 Å². The lowest BCUT2D eigenvalue weighted by molar-refractivity contribution is -0.127. The summed E-state index contributed by atoms with van der Waals surface area (Å²) in [5.41, 5.74) is 0. The van der Waals surface area contributed by atoms with Crippen LogP contribution in [0.5, 0.6) is 0 Å². The van der Waals surface area contributed by atoms with Crippen molar-refractivity contribution in [2.24, 2.45) is 0 Å². The molecule has 1 saturated heterocycles. The van der Waals surface area contributed by atoms with E-state index in [-0.39, 0.29) is 11.6 Å². The fourth-order valence-electron chi connectivity index (χ4n) is 1.22. The van der Waals surface area contributed by atoms with Crippen LogP contribution in [0.3, 0.4) is 0 Å². The molecule has 0 aromatic rings. The second kappa shape index (κ2) is 4.41. The largest absolute Gasteiger partial charge is 1.00 e. The molecule has 14 heavy (non-hydrogen) atoms. The van der Waals surface area contributed by atoms with E-state index in [1.165, 1.54) is 13.5 Å². The molecule has 6 nitrogen and oxygen atoms in total. The van der Waals surface area contributed by atoms with Crippen LogP contribution >= 0.6 is 0 Å². The van der Waals surface area contributed by atoms with Crippen molar-refractivity contribution in [2.75, 3.05) is 0 Å². The average molecular weight is 207 g/mol.